The smallest absolute Gasteiger partial charge is 0.410 e. The first-order chi connectivity index (χ1) is 23.4. The molecule has 11 heteroatoms. The molecule has 0 aromatic heterocycles. The Morgan fingerprint density at radius 2 is 1.41 bits per heavy atom. The van der Waals surface area contributed by atoms with Crippen LogP contribution in [0, 0.1) is 23.5 Å². The Bertz CT molecular complexity index is 1530. The van der Waals surface area contributed by atoms with Gasteiger partial charge in [-0.2, -0.15) is 0 Å². The molecule has 0 aliphatic heterocycles. The predicted molar refractivity (Wildman–Crippen MR) is 185 cm³/mol. The summed E-state index contributed by atoms with van der Waals surface area (Å²) in [6.45, 7) is 11.2. The van der Waals surface area contributed by atoms with Gasteiger partial charge in [0.1, 0.15) is 17.4 Å². The summed E-state index contributed by atoms with van der Waals surface area (Å²) in [7, 11) is 0. The lowest BCUT2D eigenvalue weighted by Gasteiger charge is -2.31. The number of carbonyl (C=O) groups is 4. The second-order valence-corrected chi connectivity index (χ2v) is 12.7. The van der Waals surface area contributed by atoms with E-state index in [0.717, 1.165) is 31.0 Å². The maximum absolute atomic E-state index is 14.3. The molecule has 4 amide bonds. The number of nitrogens with one attached hydrogen (secondary N) is 3. The third-order valence-electron chi connectivity index (χ3n) is 7.82. The second-order valence-electron chi connectivity index (χ2n) is 12.7. The summed E-state index contributed by atoms with van der Waals surface area (Å²) in [4.78, 5) is 55.1. The van der Waals surface area contributed by atoms with Gasteiger partial charge < -0.3 is 25.6 Å². The fourth-order valence-corrected chi connectivity index (χ4v) is 5.43. The van der Waals surface area contributed by atoms with E-state index in [-0.39, 0.29) is 47.5 Å². The molecule has 0 bridgehead atoms. The molecule has 49 heavy (non-hydrogen) atoms. The van der Waals surface area contributed by atoms with Crippen molar-refractivity contribution >= 4 is 23.8 Å². The molecule has 3 N–H and O–H groups in total. The van der Waals surface area contributed by atoms with Crippen LogP contribution in [0.25, 0.3) is 0 Å². The number of hydrogen-bond donors (Lipinski definition) is 3. The van der Waals surface area contributed by atoms with Crippen LogP contribution in [-0.4, -0.2) is 60.4 Å². The lowest BCUT2D eigenvalue weighted by atomic mass is 9.91. The first-order valence-electron chi connectivity index (χ1n) is 16.9. The van der Waals surface area contributed by atoms with Crippen molar-refractivity contribution in [3.8, 4) is 5.75 Å². The summed E-state index contributed by atoms with van der Waals surface area (Å²) in [5, 5.41) is 8.60. The molecule has 0 aliphatic carbocycles. The maximum atomic E-state index is 14.3. The highest BCUT2D eigenvalue weighted by molar-refractivity contribution is 5.99. The van der Waals surface area contributed by atoms with Crippen molar-refractivity contribution in [1.29, 1.82) is 0 Å². The quantitative estimate of drug-likeness (QED) is 0.150. The van der Waals surface area contributed by atoms with E-state index in [1.807, 2.05) is 27.7 Å². The molecule has 9 nitrogen and oxygen atoms in total. The fraction of sp³-hybridized carbons (Fsp3) is 0.421. The normalized spacial score (nSPS) is 12.8. The van der Waals surface area contributed by atoms with Crippen LogP contribution in [0.1, 0.15) is 80.2 Å². The van der Waals surface area contributed by atoms with Crippen molar-refractivity contribution in [1.82, 2.24) is 20.9 Å². The Morgan fingerprint density at radius 1 is 0.776 bits per heavy atom. The standard InChI is InChI=1S/C38H48F2N4O5/c1-6-16-44(17-7-2)37(47)29-13-11-12-28(22-29)36(46)42-34(21-27-19-30(39)23-31(40)20-27)33(18-26(5)35(45)41-24-25(3)4)43-38(48)49-32-14-9-8-10-15-32/h8-15,19-20,22-23,25-26,33-34H,6-7,16-18,21,24H2,1-5H3,(H,41,45)(H,42,46)(H,43,48)/t26-,33+,34+/m1/s1. The van der Waals surface area contributed by atoms with E-state index < -0.39 is 41.6 Å². The highest BCUT2D eigenvalue weighted by Crippen LogP contribution is 2.19. The van der Waals surface area contributed by atoms with Gasteiger partial charge in [0.25, 0.3) is 11.8 Å². The summed E-state index contributed by atoms with van der Waals surface area (Å²) in [6, 6.07) is 15.8. The minimum absolute atomic E-state index is 0.0537. The molecular formula is C38H48F2N4O5. The van der Waals surface area contributed by atoms with Crippen molar-refractivity contribution < 1.29 is 32.7 Å². The van der Waals surface area contributed by atoms with Crippen LogP contribution < -0.4 is 20.7 Å². The average Bonchev–Trinajstić information content (AvgIpc) is 3.06. The molecule has 0 saturated carbocycles. The predicted octanol–water partition coefficient (Wildman–Crippen LogP) is 6.52. The first kappa shape index (κ1) is 38.6. The Balaban J connectivity index is 1.98. The van der Waals surface area contributed by atoms with Gasteiger partial charge in [-0.1, -0.05) is 58.9 Å². The Morgan fingerprint density at radius 3 is 2.02 bits per heavy atom. The molecule has 0 radical (unpaired) electrons. The number of carbonyl (C=O) groups excluding carboxylic acids is 4. The van der Waals surface area contributed by atoms with Crippen LogP contribution in [0.15, 0.2) is 72.8 Å². The molecule has 0 fully saturated rings. The third kappa shape index (κ3) is 12.6. The van der Waals surface area contributed by atoms with Gasteiger partial charge in [-0.05, 0) is 79.6 Å². The average molecular weight is 679 g/mol. The van der Waals surface area contributed by atoms with Crippen molar-refractivity contribution in [2.45, 2.75) is 72.4 Å². The van der Waals surface area contributed by atoms with Gasteiger partial charge in [-0.3, -0.25) is 14.4 Å². The molecule has 3 atom stereocenters. The molecule has 0 heterocycles. The molecule has 3 aromatic rings. The van der Waals surface area contributed by atoms with Crippen LogP contribution in [0.3, 0.4) is 0 Å². The monoisotopic (exact) mass is 678 g/mol. The van der Waals surface area contributed by atoms with E-state index >= 15 is 0 Å². The minimum Gasteiger partial charge on any atom is -0.410 e. The Hall–Kier alpha value is -4.80. The number of amides is 4. The number of ether oxygens (including phenoxy) is 1. The Labute approximate surface area is 287 Å². The zero-order valence-electron chi connectivity index (χ0n) is 28.9. The number of benzene rings is 3. The molecule has 0 saturated heterocycles. The van der Waals surface area contributed by atoms with Crippen LogP contribution in [-0.2, 0) is 11.2 Å². The van der Waals surface area contributed by atoms with Gasteiger partial charge in [0.15, 0.2) is 0 Å². The van der Waals surface area contributed by atoms with E-state index in [1.165, 1.54) is 6.07 Å². The molecule has 0 unspecified atom stereocenters. The van der Waals surface area contributed by atoms with Crippen LogP contribution >= 0.6 is 0 Å². The number of nitrogens with zero attached hydrogens (tertiary/aromatic N) is 1. The van der Waals surface area contributed by atoms with Crippen molar-refractivity contribution in [2.24, 2.45) is 11.8 Å². The third-order valence-corrected chi connectivity index (χ3v) is 7.82. The van der Waals surface area contributed by atoms with Crippen molar-refractivity contribution in [2.75, 3.05) is 19.6 Å². The molecule has 3 rings (SSSR count). The van der Waals surface area contributed by atoms with E-state index in [1.54, 1.807) is 60.4 Å². The molecular weight excluding hydrogens is 630 g/mol. The minimum atomic E-state index is -0.964. The van der Waals surface area contributed by atoms with E-state index in [2.05, 4.69) is 16.0 Å². The highest BCUT2D eigenvalue weighted by Gasteiger charge is 2.31. The number of hydrogen-bond acceptors (Lipinski definition) is 5. The molecule has 264 valence electrons. The van der Waals surface area contributed by atoms with E-state index in [4.69, 9.17) is 4.74 Å². The zero-order chi connectivity index (χ0) is 35.9. The van der Waals surface area contributed by atoms with Crippen molar-refractivity contribution in [3.05, 3.63) is 101 Å². The van der Waals surface area contributed by atoms with Gasteiger partial charge in [-0.25, -0.2) is 13.6 Å². The highest BCUT2D eigenvalue weighted by atomic mass is 19.1. The number of rotatable bonds is 17. The Kier molecular flexibility index (Phi) is 15.2. The lowest BCUT2D eigenvalue weighted by Crippen LogP contribution is -2.54. The first-order valence-corrected chi connectivity index (χ1v) is 16.9. The van der Waals surface area contributed by atoms with Gasteiger partial charge in [-0.15, -0.1) is 0 Å². The zero-order valence-corrected chi connectivity index (χ0v) is 28.9. The van der Waals surface area contributed by atoms with E-state index in [0.29, 0.717) is 25.2 Å². The van der Waals surface area contributed by atoms with Gasteiger partial charge in [0, 0.05) is 42.7 Å². The summed E-state index contributed by atoms with van der Waals surface area (Å²) in [5.41, 5.74) is 0.749. The number of para-hydroxylation sites is 1. The lowest BCUT2D eigenvalue weighted by molar-refractivity contribution is -0.125. The molecule has 3 aromatic carbocycles. The van der Waals surface area contributed by atoms with Crippen LogP contribution in [0.4, 0.5) is 13.6 Å². The summed E-state index contributed by atoms with van der Waals surface area (Å²) < 4.78 is 34.1. The van der Waals surface area contributed by atoms with Gasteiger partial charge in [0.2, 0.25) is 5.91 Å². The maximum Gasteiger partial charge on any atom is 0.412 e. The molecule has 0 aliphatic rings. The molecule has 0 spiro atoms. The second kappa shape index (κ2) is 19.3. The summed E-state index contributed by atoms with van der Waals surface area (Å²) >= 11 is 0. The van der Waals surface area contributed by atoms with Crippen LogP contribution in [0.2, 0.25) is 0 Å². The van der Waals surface area contributed by atoms with Crippen LogP contribution in [0.5, 0.6) is 5.75 Å². The fourth-order valence-electron chi connectivity index (χ4n) is 5.43. The van der Waals surface area contributed by atoms with Gasteiger partial charge >= 0.3 is 6.09 Å². The topological polar surface area (TPSA) is 117 Å². The SMILES string of the molecule is CCCN(CCC)C(=O)c1cccc(C(=O)N[C@@H](Cc2cc(F)cc(F)c2)[C@H](C[C@@H](C)C(=O)NCC(C)C)NC(=O)Oc2ccccc2)c1. The number of halogens is 2. The van der Waals surface area contributed by atoms with Gasteiger partial charge in [0.05, 0.1) is 12.1 Å². The van der Waals surface area contributed by atoms with E-state index in [9.17, 15) is 28.0 Å². The van der Waals surface area contributed by atoms with Crippen molar-refractivity contribution in [3.63, 3.8) is 0 Å². The summed E-state index contributed by atoms with van der Waals surface area (Å²) in [6.07, 6.45) is 0.677. The summed E-state index contributed by atoms with van der Waals surface area (Å²) in [5.74, 6) is -2.78. The largest absolute Gasteiger partial charge is 0.412 e.